The molecule has 0 atom stereocenters. The Bertz CT molecular complexity index is 263. The lowest BCUT2D eigenvalue weighted by atomic mass is 10.1. The number of nitrogens with zero attached hydrogens (tertiary/aromatic N) is 1. The molecule has 0 rings (SSSR count). The molecule has 0 saturated heterocycles. The molecule has 0 radical (unpaired) electrons. The van der Waals surface area contributed by atoms with E-state index in [9.17, 15) is 8.42 Å². The fourth-order valence-corrected chi connectivity index (χ4v) is 2.73. The molecule has 2 N–H and O–H groups in total. The molecule has 0 fully saturated rings. The summed E-state index contributed by atoms with van der Waals surface area (Å²) in [6.07, 6.45) is 6.03. The molecular weight excluding hydrogens is 242 g/mol. The zero-order valence-corrected chi connectivity index (χ0v) is 11.3. The van der Waals surface area contributed by atoms with Crippen molar-refractivity contribution < 1.29 is 18.6 Å². The van der Waals surface area contributed by atoms with E-state index in [-0.39, 0.29) is 5.75 Å². The fraction of sp³-hybridized carbons (Fsp3) is 1.00. The van der Waals surface area contributed by atoms with Gasteiger partial charge < -0.3 is 14.9 Å². The molecule has 0 heterocycles. The third-order valence-corrected chi connectivity index (χ3v) is 3.91. The largest absolute Gasteiger partial charge is 0.543 e. The number of hydrogen-bond acceptors (Lipinski definition) is 4. The second-order valence-electron chi connectivity index (χ2n) is 4.18. The highest BCUT2D eigenvalue weighted by atomic mass is 32.2. The van der Waals surface area contributed by atoms with E-state index < -0.39 is 29.3 Å². The third-order valence-electron chi connectivity index (χ3n) is 2.49. The minimum atomic E-state index is -3.49. The van der Waals surface area contributed by atoms with Gasteiger partial charge in [-0.25, -0.2) is 8.42 Å². The first kappa shape index (κ1) is 16.8. The maximum absolute atomic E-state index is 11.5. The molecule has 0 spiro atoms. The minimum absolute atomic E-state index is 0.00955. The number of aliphatic hydroxyl groups is 2. The van der Waals surface area contributed by atoms with E-state index in [1.807, 2.05) is 0 Å². The molecule has 0 aromatic heterocycles. The molecule has 104 valence electrons. The summed E-state index contributed by atoms with van der Waals surface area (Å²) in [7, 11) is -3.49. The van der Waals surface area contributed by atoms with Crippen LogP contribution < -0.4 is 0 Å². The lowest BCUT2D eigenvalue weighted by Crippen LogP contribution is -2.21. The molecule has 0 aromatic rings. The van der Waals surface area contributed by atoms with Crippen LogP contribution in [0.2, 0.25) is 0 Å². The maximum Gasteiger partial charge on any atom is 0.0724 e. The molecule has 0 unspecified atom stereocenters. The first-order valence-electron chi connectivity index (χ1n) is 6.22. The van der Waals surface area contributed by atoms with E-state index in [0.717, 1.165) is 19.3 Å². The topological polar surface area (TPSA) is 88.7 Å². The maximum atomic E-state index is 11.5. The number of aliphatic hydroxyl groups excluding tert-OH is 2. The summed E-state index contributed by atoms with van der Waals surface area (Å²) in [4.78, 5) is 0. The van der Waals surface area contributed by atoms with Crippen molar-refractivity contribution in [2.45, 2.75) is 51.5 Å². The number of sulfonamides is 1. The van der Waals surface area contributed by atoms with Crippen LogP contribution in [0.25, 0.3) is 4.72 Å². The fourth-order valence-electron chi connectivity index (χ4n) is 1.47. The van der Waals surface area contributed by atoms with Gasteiger partial charge in [-0.15, -0.1) is 0 Å². The highest BCUT2D eigenvalue weighted by Gasteiger charge is 2.04. The van der Waals surface area contributed by atoms with Gasteiger partial charge in [0.2, 0.25) is 0 Å². The Kier molecular flexibility index (Phi) is 9.72. The first-order valence-corrected chi connectivity index (χ1v) is 7.83. The van der Waals surface area contributed by atoms with Gasteiger partial charge in [-0.2, -0.15) is 0 Å². The van der Waals surface area contributed by atoms with Crippen LogP contribution in [0.5, 0.6) is 0 Å². The summed E-state index contributed by atoms with van der Waals surface area (Å²) in [5.41, 5.74) is 0. The first-order chi connectivity index (χ1) is 8.05. The highest BCUT2D eigenvalue weighted by Crippen LogP contribution is 2.12. The van der Waals surface area contributed by atoms with Gasteiger partial charge in [-0.1, -0.05) is 45.1 Å². The summed E-state index contributed by atoms with van der Waals surface area (Å²) in [6.45, 7) is 1.26. The van der Waals surface area contributed by atoms with E-state index >= 15 is 0 Å². The predicted molar refractivity (Wildman–Crippen MR) is 68.5 cm³/mol. The van der Waals surface area contributed by atoms with Crippen molar-refractivity contribution in [1.29, 1.82) is 0 Å². The van der Waals surface area contributed by atoms with E-state index in [2.05, 4.69) is 11.6 Å². The second kappa shape index (κ2) is 9.82. The Morgan fingerprint density at radius 3 is 2.06 bits per heavy atom. The molecule has 0 aliphatic heterocycles. The van der Waals surface area contributed by atoms with Crippen LogP contribution in [0, 0.1) is 0 Å². The summed E-state index contributed by atoms with van der Waals surface area (Å²) in [5.74, 6) is 0.00955. The van der Waals surface area contributed by atoms with Gasteiger partial charge >= 0.3 is 0 Å². The van der Waals surface area contributed by atoms with Crippen molar-refractivity contribution in [3.63, 3.8) is 0 Å². The molecular formula is C11H24NO4S-. The van der Waals surface area contributed by atoms with Crippen molar-refractivity contribution in [3.05, 3.63) is 4.72 Å². The summed E-state index contributed by atoms with van der Waals surface area (Å²) in [5, 5.41) is 17.5. The van der Waals surface area contributed by atoms with Crippen LogP contribution in [0.15, 0.2) is 0 Å². The van der Waals surface area contributed by atoms with Gasteiger partial charge in [0.15, 0.2) is 0 Å². The molecule has 5 nitrogen and oxygen atoms in total. The third kappa shape index (κ3) is 9.52. The predicted octanol–water partition coefficient (Wildman–Crippen LogP) is 1.40. The van der Waals surface area contributed by atoms with Crippen molar-refractivity contribution >= 4 is 10.0 Å². The molecule has 0 aliphatic rings. The normalized spacial score (nSPS) is 12.2. The lowest BCUT2D eigenvalue weighted by molar-refractivity contribution is 0.210. The van der Waals surface area contributed by atoms with Crippen molar-refractivity contribution in [3.8, 4) is 0 Å². The lowest BCUT2D eigenvalue weighted by Gasteiger charge is -2.27. The van der Waals surface area contributed by atoms with Gasteiger partial charge in [0.05, 0.1) is 10.0 Å². The average molecular weight is 266 g/mol. The Labute approximate surface area is 104 Å². The van der Waals surface area contributed by atoms with Crippen LogP contribution in [-0.2, 0) is 10.0 Å². The SMILES string of the molecule is CCCCCCCCS(=O)(=O)[N-]C(CO)CO. The minimum Gasteiger partial charge on any atom is -0.543 e. The average Bonchev–Trinajstić information content (AvgIpc) is 2.30. The van der Waals surface area contributed by atoms with Gasteiger partial charge in [0, 0.05) is 19.0 Å². The van der Waals surface area contributed by atoms with Gasteiger partial charge in [0.25, 0.3) is 0 Å². The Balaban J connectivity index is 3.71. The van der Waals surface area contributed by atoms with E-state index in [1.165, 1.54) is 12.8 Å². The zero-order chi connectivity index (χ0) is 13.1. The molecule has 0 aromatic carbocycles. The monoisotopic (exact) mass is 266 g/mol. The quantitative estimate of drug-likeness (QED) is 0.553. The molecule has 6 heteroatoms. The van der Waals surface area contributed by atoms with Gasteiger partial charge in [0.1, 0.15) is 0 Å². The van der Waals surface area contributed by atoms with Crippen LogP contribution in [0.1, 0.15) is 45.4 Å². The standard InChI is InChI=1S/C11H24NO4S/c1-2-3-4-5-6-7-8-17(15,16)12-11(9-13)10-14/h11,13-14H,2-10H2,1H3/q-1. The molecule has 0 aliphatic carbocycles. The van der Waals surface area contributed by atoms with E-state index in [1.54, 1.807) is 0 Å². The van der Waals surface area contributed by atoms with Crippen LogP contribution >= 0.6 is 0 Å². The molecule has 0 amide bonds. The van der Waals surface area contributed by atoms with Crippen LogP contribution in [-0.4, -0.2) is 43.6 Å². The van der Waals surface area contributed by atoms with Crippen molar-refractivity contribution in [1.82, 2.24) is 0 Å². The van der Waals surface area contributed by atoms with Crippen molar-refractivity contribution in [2.75, 3.05) is 19.0 Å². The second-order valence-corrected chi connectivity index (χ2v) is 5.96. The number of unbranched alkanes of at least 4 members (excludes halogenated alkanes) is 5. The summed E-state index contributed by atoms with van der Waals surface area (Å²) < 4.78 is 26.4. The van der Waals surface area contributed by atoms with Gasteiger partial charge in [-0.05, 0) is 6.42 Å². The van der Waals surface area contributed by atoms with Crippen LogP contribution in [0.3, 0.4) is 0 Å². The molecule has 0 bridgehead atoms. The van der Waals surface area contributed by atoms with Crippen LogP contribution in [0.4, 0.5) is 0 Å². The van der Waals surface area contributed by atoms with E-state index in [0.29, 0.717) is 6.42 Å². The molecule has 0 saturated carbocycles. The highest BCUT2D eigenvalue weighted by molar-refractivity contribution is 7.93. The smallest absolute Gasteiger partial charge is 0.0724 e. The summed E-state index contributed by atoms with van der Waals surface area (Å²) in [6, 6.07) is -0.903. The van der Waals surface area contributed by atoms with Gasteiger partial charge in [-0.3, -0.25) is 0 Å². The number of hydrogen-bond donors (Lipinski definition) is 2. The van der Waals surface area contributed by atoms with Crippen molar-refractivity contribution in [2.24, 2.45) is 0 Å². The zero-order valence-electron chi connectivity index (χ0n) is 10.5. The Morgan fingerprint density at radius 1 is 1.00 bits per heavy atom. The molecule has 17 heavy (non-hydrogen) atoms. The van der Waals surface area contributed by atoms with E-state index in [4.69, 9.17) is 10.2 Å². The number of rotatable bonds is 11. The summed E-state index contributed by atoms with van der Waals surface area (Å²) >= 11 is 0. The Morgan fingerprint density at radius 2 is 1.53 bits per heavy atom. The Hall–Kier alpha value is -0.170.